The molecule has 3 aliphatic rings. The van der Waals surface area contributed by atoms with Crippen molar-refractivity contribution in [2.24, 2.45) is 29.1 Å². The number of aliphatic hydroxyl groups is 4. The van der Waals surface area contributed by atoms with E-state index in [0.717, 1.165) is 30.8 Å². The number of allylic oxidation sites excluding steroid dienone is 3. The molecule has 3 aliphatic carbocycles. The summed E-state index contributed by atoms with van der Waals surface area (Å²) in [7, 11) is 0. The lowest BCUT2D eigenvalue weighted by molar-refractivity contribution is -0.0105. The predicted octanol–water partition coefficient (Wildman–Crippen LogP) is 4.92. The van der Waals surface area contributed by atoms with E-state index in [9.17, 15) is 20.4 Å². The van der Waals surface area contributed by atoms with Gasteiger partial charge in [-0.25, -0.2) is 0 Å². The zero-order valence-electron chi connectivity index (χ0n) is 20.7. The summed E-state index contributed by atoms with van der Waals surface area (Å²) >= 11 is 0. The van der Waals surface area contributed by atoms with Gasteiger partial charge in [0.2, 0.25) is 0 Å². The van der Waals surface area contributed by atoms with Crippen molar-refractivity contribution in [3.05, 3.63) is 35.5 Å². The van der Waals surface area contributed by atoms with Gasteiger partial charge in [0.1, 0.15) is 0 Å². The fourth-order valence-electron chi connectivity index (χ4n) is 7.04. The van der Waals surface area contributed by atoms with E-state index in [1.54, 1.807) is 0 Å². The van der Waals surface area contributed by atoms with Gasteiger partial charge >= 0.3 is 0 Å². The van der Waals surface area contributed by atoms with Crippen LogP contribution in [0.15, 0.2) is 35.5 Å². The summed E-state index contributed by atoms with van der Waals surface area (Å²) in [6.45, 7) is 12.5. The van der Waals surface area contributed by atoms with E-state index in [-0.39, 0.29) is 6.61 Å². The van der Waals surface area contributed by atoms with Gasteiger partial charge < -0.3 is 20.4 Å². The monoisotopic (exact) mass is 446 g/mol. The Morgan fingerprint density at radius 3 is 2.59 bits per heavy atom. The van der Waals surface area contributed by atoms with Gasteiger partial charge in [-0.15, -0.1) is 0 Å². The highest BCUT2D eigenvalue weighted by atomic mass is 16.3. The highest BCUT2D eigenvalue weighted by Crippen LogP contribution is 2.60. The quantitative estimate of drug-likeness (QED) is 0.447. The summed E-state index contributed by atoms with van der Waals surface area (Å²) in [4.78, 5) is 0. The Morgan fingerprint density at radius 2 is 1.94 bits per heavy atom. The second kappa shape index (κ2) is 10.1. The highest BCUT2D eigenvalue weighted by molar-refractivity contribution is 5.39. The first-order valence-electron chi connectivity index (χ1n) is 12.8. The maximum Gasteiger partial charge on any atom is 0.0862 e. The van der Waals surface area contributed by atoms with Gasteiger partial charge in [0.25, 0.3) is 0 Å². The second-order valence-electron chi connectivity index (χ2n) is 11.8. The minimum atomic E-state index is -0.884. The first kappa shape index (κ1) is 25.7. The van der Waals surface area contributed by atoms with E-state index in [1.807, 2.05) is 13.8 Å². The molecule has 4 N–H and O–H groups in total. The van der Waals surface area contributed by atoms with E-state index in [1.165, 1.54) is 37.7 Å². The molecule has 3 fully saturated rings. The van der Waals surface area contributed by atoms with Crippen LogP contribution in [0.1, 0.15) is 85.5 Å². The largest absolute Gasteiger partial charge is 0.396 e. The first-order valence-corrected chi connectivity index (χ1v) is 12.8. The van der Waals surface area contributed by atoms with Crippen LogP contribution in [-0.2, 0) is 0 Å². The van der Waals surface area contributed by atoms with Crippen molar-refractivity contribution < 1.29 is 20.4 Å². The maximum absolute atomic E-state index is 10.4. The smallest absolute Gasteiger partial charge is 0.0862 e. The average Bonchev–Trinajstić information content (AvgIpc) is 3.06. The Kier molecular flexibility index (Phi) is 8.13. The molecule has 3 rings (SSSR count). The average molecular weight is 447 g/mol. The molecule has 1 unspecified atom stereocenters. The van der Waals surface area contributed by atoms with Crippen LogP contribution in [0.25, 0.3) is 0 Å². The molecule has 7 atom stereocenters. The molecule has 0 amide bonds. The molecule has 0 aromatic heterocycles. The fraction of sp³-hybridized carbons (Fsp3) is 0.786. The zero-order valence-corrected chi connectivity index (χ0v) is 20.7. The number of fused-ring (bicyclic) bond motifs is 1. The first-order chi connectivity index (χ1) is 15.0. The normalized spacial score (nSPS) is 39.5. The third kappa shape index (κ3) is 5.41. The molecule has 0 spiro atoms. The summed E-state index contributed by atoms with van der Waals surface area (Å²) in [6, 6.07) is 0. The number of hydrogen-bond donors (Lipinski definition) is 4. The molecule has 182 valence electrons. The van der Waals surface area contributed by atoms with Crippen molar-refractivity contribution in [2.45, 2.75) is 103 Å². The van der Waals surface area contributed by atoms with Crippen molar-refractivity contribution in [1.82, 2.24) is 0 Å². The molecule has 0 bridgehead atoms. The van der Waals surface area contributed by atoms with E-state index in [0.29, 0.717) is 29.2 Å². The molecule has 0 saturated heterocycles. The van der Waals surface area contributed by atoms with Crippen LogP contribution in [0.5, 0.6) is 0 Å². The summed E-state index contributed by atoms with van der Waals surface area (Å²) in [5.41, 5.74) is 2.82. The molecule has 0 radical (unpaired) electrons. The third-order valence-electron chi connectivity index (χ3n) is 8.98. The topological polar surface area (TPSA) is 80.9 Å². The van der Waals surface area contributed by atoms with Crippen LogP contribution in [-0.4, -0.2) is 44.8 Å². The van der Waals surface area contributed by atoms with Crippen molar-refractivity contribution in [2.75, 3.05) is 6.61 Å². The van der Waals surface area contributed by atoms with Crippen LogP contribution in [0.2, 0.25) is 0 Å². The van der Waals surface area contributed by atoms with Gasteiger partial charge in [-0.05, 0) is 93.1 Å². The summed E-state index contributed by atoms with van der Waals surface area (Å²) in [5, 5.41) is 40.3. The summed E-state index contributed by atoms with van der Waals surface area (Å²) in [6.07, 6.45) is 12.4. The lowest BCUT2D eigenvalue weighted by atomic mass is 9.60. The Labute approximate surface area is 195 Å². The summed E-state index contributed by atoms with van der Waals surface area (Å²) < 4.78 is 0. The molecular weight excluding hydrogens is 400 g/mol. The van der Waals surface area contributed by atoms with Gasteiger partial charge in [-0.2, -0.15) is 0 Å². The molecular formula is C28H46O4. The predicted molar refractivity (Wildman–Crippen MR) is 130 cm³/mol. The zero-order chi connectivity index (χ0) is 23.7. The molecule has 4 nitrogen and oxygen atoms in total. The molecule has 0 aromatic carbocycles. The number of rotatable bonds is 7. The van der Waals surface area contributed by atoms with E-state index >= 15 is 0 Å². The van der Waals surface area contributed by atoms with Crippen molar-refractivity contribution in [1.29, 1.82) is 0 Å². The molecule has 3 saturated carbocycles. The minimum Gasteiger partial charge on any atom is -0.396 e. The third-order valence-corrected chi connectivity index (χ3v) is 8.98. The SMILES string of the molecule is C=C1/C(=C\C=C2/CCC[C@]3(C)C([C@H](C)CCCC(C)(C)O)CC[C@@H]23)C[C@@H](O)[C@H](CO)[C@@H]1O. The van der Waals surface area contributed by atoms with E-state index in [2.05, 4.69) is 32.6 Å². The minimum absolute atomic E-state index is 0.231. The number of aliphatic hydroxyl groups excluding tert-OH is 3. The lowest BCUT2D eigenvalue weighted by Gasteiger charge is -2.44. The van der Waals surface area contributed by atoms with Gasteiger partial charge in [-0.3, -0.25) is 0 Å². The molecule has 0 heterocycles. The van der Waals surface area contributed by atoms with Gasteiger partial charge in [-0.1, -0.05) is 51.0 Å². The van der Waals surface area contributed by atoms with Crippen LogP contribution in [0, 0.1) is 29.1 Å². The van der Waals surface area contributed by atoms with Crippen LogP contribution >= 0.6 is 0 Å². The highest BCUT2D eigenvalue weighted by Gasteiger charge is 2.50. The van der Waals surface area contributed by atoms with Crippen molar-refractivity contribution in [3.8, 4) is 0 Å². The molecule has 32 heavy (non-hydrogen) atoms. The van der Waals surface area contributed by atoms with Gasteiger partial charge in [0.05, 0.1) is 24.4 Å². The van der Waals surface area contributed by atoms with Crippen molar-refractivity contribution in [3.63, 3.8) is 0 Å². The Balaban J connectivity index is 1.71. The summed E-state index contributed by atoms with van der Waals surface area (Å²) in [5.74, 6) is 1.46. The van der Waals surface area contributed by atoms with Crippen LogP contribution in [0.3, 0.4) is 0 Å². The fourth-order valence-corrected chi connectivity index (χ4v) is 7.04. The molecule has 0 aliphatic heterocycles. The van der Waals surface area contributed by atoms with Crippen LogP contribution < -0.4 is 0 Å². The van der Waals surface area contributed by atoms with Crippen molar-refractivity contribution >= 4 is 0 Å². The number of hydrogen-bond acceptors (Lipinski definition) is 4. The van der Waals surface area contributed by atoms with Gasteiger partial charge in [0.15, 0.2) is 0 Å². The Morgan fingerprint density at radius 1 is 1.22 bits per heavy atom. The maximum atomic E-state index is 10.4. The van der Waals surface area contributed by atoms with Gasteiger partial charge in [0, 0.05) is 5.92 Å². The van der Waals surface area contributed by atoms with E-state index in [4.69, 9.17) is 0 Å². The second-order valence-corrected chi connectivity index (χ2v) is 11.8. The Bertz CT molecular complexity index is 730. The lowest BCUT2D eigenvalue weighted by Crippen LogP contribution is -2.40. The van der Waals surface area contributed by atoms with E-state index < -0.39 is 23.7 Å². The molecule has 0 aromatic rings. The van der Waals surface area contributed by atoms with Crippen LogP contribution in [0.4, 0.5) is 0 Å². The molecule has 4 heteroatoms. The standard InChI is InChI=1S/C28H46O4/c1-18(8-6-14-27(3,4)32)23-12-13-24-20(9-7-15-28(23,24)5)10-11-21-16-25(30)22(17-29)26(31)19(21)2/h10-11,18,22-26,29-32H,2,6-9,12-17H2,1,3-5H3/b20-10+,21-11-/t18-,22+,23?,24+,25-,26-,28-/m1/s1. The Hall–Kier alpha value is -0.940.